The van der Waals surface area contributed by atoms with Gasteiger partial charge in [-0.3, -0.25) is 4.79 Å². The molecule has 78 valence electrons. The van der Waals surface area contributed by atoms with Crippen LogP contribution in [0.5, 0.6) is 0 Å². The second-order valence-electron chi connectivity index (χ2n) is 3.47. The average molecular weight is 206 g/mol. The Bertz CT molecular complexity index is 445. The Morgan fingerprint density at radius 2 is 2.00 bits per heavy atom. The highest BCUT2D eigenvalue weighted by Gasteiger charge is 2.26. The number of hydrogen-bond acceptors (Lipinski definition) is 4. The highest BCUT2D eigenvalue weighted by molar-refractivity contribution is 5.98. The van der Waals surface area contributed by atoms with Gasteiger partial charge in [0.2, 0.25) is 0 Å². The second-order valence-corrected chi connectivity index (χ2v) is 3.47. The molecule has 0 atom stereocenters. The maximum absolute atomic E-state index is 11.1. The fourth-order valence-corrected chi connectivity index (χ4v) is 1.49. The van der Waals surface area contributed by atoms with Crippen molar-refractivity contribution in [2.45, 2.75) is 13.8 Å². The van der Waals surface area contributed by atoms with Gasteiger partial charge in [0.05, 0.1) is 11.4 Å². The third-order valence-electron chi connectivity index (χ3n) is 2.07. The Labute approximate surface area is 86.8 Å². The molecule has 0 bridgehead atoms. The van der Waals surface area contributed by atoms with Gasteiger partial charge in [0, 0.05) is 6.07 Å². The van der Waals surface area contributed by atoms with Crippen LogP contribution in [0.1, 0.15) is 11.4 Å². The quantitative estimate of drug-likeness (QED) is 0.588. The molecule has 0 unspecified atom stereocenters. The van der Waals surface area contributed by atoms with Crippen molar-refractivity contribution in [2.75, 3.05) is 6.54 Å². The minimum Gasteiger partial charge on any atom is -0.322 e. The summed E-state index contributed by atoms with van der Waals surface area (Å²) in [6.45, 7) is 3.92. The lowest BCUT2D eigenvalue weighted by molar-refractivity contribution is -0.431. The van der Waals surface area contributed by atoms with Gasteiger partial charge in [0.1, 0.15) is 6.54 Å². The Balaban J connectivity index is 2.46. The summed E-state index contributed by atoms with van der Waals surface area (Å²) in [6.07, 6.45) is 0. The van der Waals surface area contributed by atoms with Gasteiger partial charge < -0.3 is 5.73 Å². The lowest BCUT2D eigenvalue weighted by atomic mass is 10.3. The van der Waals surface area contributed by atoms with Crippen molar-refractivity contribution in [1.82, 2.24) is 15.3 Å². The zero-order valence-corrected chi connectivity index (χ0v) is 8.61. The summed E-state index contributed by atoms with van der Waals surface area (Å²) in [5, 5.41) is 2.51. The number of nitrogens with zero attached hydrogens (tertiary/aromatic N) is 3. The summed E-state index contributed by atoms with van der Waals surface area (Å²) in [6, 6.07) is 1.87. The summed E-state index contributed by atoms with van der Waals surface area (Å²) >= 11 is 0. The molecular formula is C9H12N5O+. The Morgan fingerprint density at radius 1 is 1.40 bits per heavy atom. The topological polar surface area (TPSA) is 83.9 Å². The smallest absolute Gasteiger partial charge is 0.322 e. The Kier molecular flexibility index (Phi) is 2.11. The summed E-state index contributed by atoms with van der Waals surface area (Å²) in [4.78, 5) is 19.5. The van der Waals surface area contributed by atoms with Crippen molar-refractivity contribution in [2.24, 2.45) is 5.73 Å². The van der Waals surface area contributed by atoms with E-state index in [4.69, 9.17) is 5.73 Å². The van der Waals surface area contributed by atoms with E-state index in [2.05, 4.69) is 15.3 Å². The Hall–Kier alpha value is -1.98. The van der Waals surface area contributed by atoms with Gasteiger partial charge in [0.25, 0.3) is 11.9 Å². The van der Waals surface area contributed by atoms with Crippen LogP contribution >= 0.6 is 0 Å². The highest BCUT2D eigenvalue weighted by atomic mass is 16.2. The van der Waals surface area contributed by atoms with Gasteiger partial charge in [-0.25, -0.2) is 9.89 Å². The molecule has 15 heavy (non-hydrogen) atoms. The molecule has 3 N–H and O–H groups in total. The van der Waals surface area contributed by atoms with Gasteiger partial charge >= 0.3 is 5.95 Å². The van der Waals surface area contributed by atoms with Crippen LogP contribution < -0.4 is 11.1 Å². The van der Waals surface area contributed by atoms with E-state index in [0.29, 0.717) is 5.95 Å². The summed E-state index contributed by atoms with van der Waals surface area (Å²) in [5.74, 6) is 0.601. The number of aromatic nitrogens is 2. The van der Waals surface area contributed by atoms with Crippen molar-refractivity contribution >= 4 is 17.8 Å². The van der Waals surface area contributed by atoms with E-state index >= 15 is 0 Å². The zero-order valence-electron chi connectivity index (χ0n) is 8.61. The highest BCUT2D eigenvalue weighted by Crippen LogP contribution is 2.08. The maximum Gasteiger partial charge on any atom is 0.357 e. The number of amides is 1. The first kappa shape index (κ1) is 9.57. The van der Waals surface area contributed by atoms with Crippen molar-refractivity contribution < 1.29 is 9.37 Å². The van der Waals surface area contributed by atoms with E-state index in [-0.39, 0.29) is 18.4 Å². The Morgan fingerprint density at radius 3 is 2.47 bits per heavy atom. The van der Waals surface area contributed by atoms with Gasteiger partial charge in [-0.05, 0) is 13.8 Å². The van der Waals surface area contributed by atoms with Crippen LogP contribution in [0.3, 0.4) is 0 Å². The number of rotatable bonds is 1. The molecule has 0 saturated heterocycles. The lowest BCUT2D eigenvalue weighted by Crippen LogP contribution is -2.32. The molecule has 1 aromatic heterocycles. The molecule has 0 radical (unpaired) electrons. The molecule has 1 aliphatic rings. The van der Waals surface area contributed by atoms with E-state index in [9.17, 15) is 4.79 Å². The lowest BCUT2D eigenvalue weighted by Gasteiger charge is -1.99. The third-order valence-corrected chi connectivity index (χ3v) is 2.07. The van der Waals surface area contributed by atoms with E-state index in [1.165, 1.54) is 0 Å². The first-order valence-electron chi connectivity index (χ1n) is 4.58. The van der Waals surface area contributed by atoms with Crippen molar-refractivity contribution in [3.63, 3.8) is 0 Å². The third kappa shape index (κ3) is 1.78. The number of nitrogens with one attached hydrogen (secondary N) is 1. The number of guanidine groups is 1. The molecule has 2 rings (SSSR count). The minimum atomic E-state index is -0.143. The van der Waals surface area contributed by atoms with Gasteiger partial charge in [-0.2, -0.15) is 0 Å². The van der Waals surface area contributed by atoms with Crippen LogP contribution in [0.2, 0.25) is 0 Å². The summed E-state index contributed by atoms with van der Waals surface area (Å²) in [5.41, 5.74) is 7.34. The number of hydrogen-bond donors (Lipinski definition) is 2. The number of nitrogens with two attached hydrogens (primary N) is 1. The van der Waals surface area contributed by atoms with Gasteiger partial charge in [0.15, 0.2) is 0 Å². The fraction of sp³-hybridized carbons (Fsp3) is 0.333. The molecule has 1 amide bonds. The number of aryl methyl sites for hydroxylation is 2. The molecular weight excluding hydrogens is 194 g/mol. The van der Waals surface area contributed by atoms with Crippen LogP contribution in [0.15, 0.2) is 6.07 Å². The maximum atomic E-state index is 11.1. The molecule has 2 heterocycles. The standard InChI is InChI=1S/C9H11N5O/c1-5-3-6(2)12-9(11-5)14-4-7(15)13-8(14)10/h3H,4H2,1-2H3,(H2,10,13,15)/p+1. The van der Waals surface area contributed by atoms with Crippen LogP contribution in [0, 0.1) is 13.8 Å². The normalized spacial score (nSPS) is 15.7. The van der Waals surface area contributed by atoms with Crippen LogP contribution in [-0.2, 0) is 4.79 Å². The molecule has 6 nitrogen and oxygen atoms in total. The minimum absolute atomic E-state index is 0.143. The first-order valence-corrected chi connectivity index (χ1v) is 4.58. The molecule has 0 spiro atoms. The predicted octanol–water partition coefficient (Wildman–Crippen LogP) is -0.818. The molecule has 1 aromatic rings. The molecule has 0 saturated carbocycles. The van der Waals surface area contributed by atoms with E-state index in [1.807, 2.05) is 19.9 Å². The predicted molar refractivity (Wildman–Crippen MR) is 53.6 cm³/mol. The molecule has 1 aliphatic heterocycles. The van der Waals surface area contributed by atoms with E-state index in [0.717, 1.165) is 11.4 Å². The second kappa shape index (κ2) is 3.30. The number of carbonyl (C=O) groups excluding carboxylic acids is 1. The van der Waals surface area contributed by atoms with E-state index < -0.39 is 0 Å². The zero-order chi connectivity index (χ0) is 11.0. The van der Waals surface area contributed by atoms with Gasteiger partial charge in [-0.15, -0.1) is 9.97 Å². The van der Waals surface area contributed by atoms with Crippen molar-refractivity contribution in [3.05, 3.63) is 17.5 Å². The van der Waals surface area contributed by atoms with Crippen LogP contribution in [0.25, 0.3) is 0 Å². The molecule has 0 aromatic carbocycles. The summed E-state index contributed by atoms with van der Waals surface area (Å²) in [7, 11) is 0. The SMILES string of the molecule is Cc1cc(C)nc([N+]2=C(N)NC(=O)C2)n1. The van der Waals surface area contributed by atoms with E-state index in [1.54, 1.807) is 4.58 Å². The summed E-state index contributed by atoms with van der Waals surface area (Å²) < 4.78 is 1.56. The van der Waals surface area contributed by atoms with Crippen LogP contribution in [0.4, 0.5) is 5.95 Å². The van der Waals surface area contributed by atoms with Crippen molar-refractivity contribution in [3.8, 4) is 0 Å². The first-order chi connectivity index (χ1) is 7.06. The monoisotopic (exact) mass is 206 g/mol. The van der Waals surface area contributed by atoms with Crippen LogP contribution in [-0.4, -0.2) is 33.0 Å². The number of carbonyl (C=O) groups is 1. The van der Waals surface area contributed by atoms with Crippen molar-refractivity contribution in [1.29, 1.82) is 0 Å². The fourth-order valence-electron chi connectivity index (χ4n) is 1.49. The molecule has 0 fully saturated rings. The van der Waals surface area contributed by atoms with Gasteiger partial charge in [-0.1, -0.05) is 0 Å². The largest absolute Gasteiger partial charge is 0.357 e. The molecule has 0 aliphatic carbocycles. The average Bonchev–Trinajstić information content (AvgIpc) is 2.43. The molecule has 6 heteroatoms.